The maximum Gasteiger partial charge on any atom is 0.182 e. The largest absolute Gasteiger partial charge is 0.497 e. The third-order valence-electron chi connectivity index (χ3n) is 1.95. The first kappa shape index (κ1) is 11.7. The minimum atomic E-state index is -1.02. The Morgan fingerprint density at radius 1 is 1.40 bits per heavy atom. The topological polar surface area (TPSA) is 52.3 Å². The van der Waals surface area contributed by atoms with E-state index in [-0.39, 0.29) is 11.3 Å². The average Bonchev–Trinajstić information content (AvgIpc) is 2.14. The summed E-state index contributed by atoms with van der Waals surface area (Å²) in [5.74, 6) is -0.523. The number of carbonyl (C=O) groups is 1. The number of Topliss-reactive ketones (excluding diaryl/α,β-unsaturated/α-hetero) is 1. The van der Waals surface area contributed by atoms with Gasteiger partial charge in [-0.05, 0) is 26.0 Å². The van der Waals surface area contributed by atoms with Crippen molar-refractivity contribution in [3.05, 3.63) is 29.6 Å². The second-order valence-electron chi connectivity index (χ2n) is 3.93. The van der Waals surface area contributed by atoms with E-state index in [1.54, 1.807) is 13.8 Å². The fourth-order valence-electron chi connectivity index (χ4n) is 1.18. The van der Waals surface area contributed by atoms with Crippen LogP contribution in [0.15, 0.2) is 18.2 Å². The van der Waals surface area contributed by atoms with Crippen LogP contribution in [-0.2, 0) is 0 Å². The summed E-state index contributed by atoms with van der Waals surface area (Å²) in [5.41, 5.74) is 4.85. The van der Waals surface area contributed by atoms with Crippen molar-refractivity contribution < 1.29 is 13.9 Å². The zero-order valence-corrected chi connectivity index (χ0v) is 9.00. The van der Waals surface area contributed by atoms with Gasteiger partial charge in [-0.15, -0.1) is 0 Å². The van der Waals surface area contributed by atoms with E-state index in [1.807, 2.05) is 0 Å². The molecule has 0 heterocycles. The lowest BCUT2D eigenvalue weighted by Crippen LogP contribution is -2.41. The molecule has 0 aliphatic carbocycles. The molecule has 3 nitrogen and oxygen atoms in total. The van der Waals surface area contributed by atoms with E-state index in [0.29, 0.717) is 5.75 Å². The minimum Gasteiger partial charge on any atom is -0.497 e. The van der Waals surface area contributed by atoms with Gasteiger partial charge < -0.3 is 10.5 Å². The Balaban J connectivity index is 3.15. The number of hydrogen-bond acceptors (Lipinski definition) is 3. The van der Waals surface area contributed by atoms with Crippen LogP contribution < -0.4 is 10.5 Å². The van der Waals surface area contributed by atoms with Crippen molar-refractivity contribution in [2.24, 2.45) is 5.73 Å². The van der Waals surface area contributed by atoms with Gasteiger partial charge in [0.1, 0.15) is 11.6 Å². The molecule has 0 aromatic heterocycles. The van der Waals surface area contributed by atoms with Gasteiger partial charge in [0.2, 0.25) is 0 Å². The number of ether oxygens (including phenoxy) is 1. The molecule has 1 aromatic rings. The highest BCUT2D eigenvalue weighted by atomic mass is 19.1. The van der Waals surface area contributed by atoms with E-state index < -0.39 is 11.4 Å². The van der Waals surface area contributed by atoms with Crippen LogP contribution in [0, 0.1) is 5.82 Å². The van der Waals surface area contributed by atoms with Gasteiger partial charge in [0, 0.05) is 11.6 Å². The van der Waals surface area contributed by atoms with Crippen LogP contribution in [0.2, 0.25) is 0 Å². The van der Waals surface area contributed by atoms with E-state index >= 15 is 0 Å². The maximum atomic E-state index is 13.1. The van der Waals surface area contributed by atoms with E-state index in [1.165, 1.54) is 19.2 Å². The highest BCUT2D eigenvalue weighted by molar-refractivity contribution is 6.02. The Morgan fingerprint density at radius 3 is 2.47 bits per heavy atom. The van der Waals surface area contributed by atoms with Gasteiger partial charge in [0.25, 0.3) is 0 Å². The Bertz CT molecular complexity index is 383. The molecule has 1 aromatic carbocycles. The number of halogens is 1. The molecule has 0 fully saturated rings. The van der Waals surface area contributed by atoms with Crippen LogP contribution in [0.1, 0.15) is 24.2 Å². The van der Waals surface area contributed by atoms with Crippen molar-refractivity contribution in [1.29, 1.82) is 0 Å². The first-order valence-corrected chi connectivity index (χ1v) is 4.53. The molecule has 82 valence electrons. The van der Waals surface area contributed by atoms with Gasteiger partial charge in [0.15, 0.2) is 5.78 Å². The summed E-state index contributed by atoms with van der Waals surface area (Å²) in [6.07, 6.45) is 0. The van der Waals surface area contributed by atoms with Gasteiger partial charge in [0.05, 0.1) is 12.6 Å². The smallest absolute Gasteiger partial charge is 0.182 e. The van der Waals surface area contributed by atoms with Crippen molar-refractivity contribution in [3.8, 4) is 5.75 Å². The van der Waals surface area contributed by atoms with Crippen LogP contribution in [0.5, 0.6) is 5.75 Å². The van der Waals surface area contributed by atoms with Crippen LogP contribution >= 0.6 is 0 Å². The zero-order chi connectivity index (χ0) is 11.6. The molecular formula is C11H14FNO2. The fourth-order valence-corrected chi connectivity index (χ4v) is 1.18. The molecule has 0 radical (unpaired) electrons. The Labute approximate surface area is 88.0 Å². The van der Waals surface area contributed by atoms with Gasteiger partial charge >= 0.3 is 0 Å². The molecule has 0 atom stereocenters. The quantitative estimate of drug-likeness (QED) is 0.775. The SMILES string of the molecule is COc1cc(F)cc(C(=O)C(C)(C)N)c1. The maximum absolute atomic E-state index is 13.1. The predicted molar refractivity (Wildman–Crippen MR) is 55.5 cm³/mol. The molecule has 0 saturated heterocycles. The summed E-state index contributed by atoms with van der Waals surface area (Å²) in [6, 6.07) is 3.83. The van der Waals surface area contributed by atoms with Gasteiger partial charge in [-0.3, -0.25) is 4.79 Å². The molecule has 0 amide bonds. The summed E-state index contributed by atoms with van der Waals surface area (Å²) in [5, 5.41) is 0. The molecule has 0 spiro atoms. The van der Waals surface area contributed by atoms with Gasteiger partial charge in [-0.25, -0.2) is 4.39 Å². The van der Waals surface area contributed by atoms with Crippen molar-refractivity contribution in [2.45, 2.75) is 19.4 Å². The standard InChI is InChI=1S/C11H14FNO2/c1-11(2,13)10(14)7-4-8(12)6-9(5-7)15-3/h4-6H,13H2,1-3H3. The third-order valence-corrected chi connectivity index (χ3v) is 1.95. The molecule has 0 aliphatic rings. The highest BCUT2D eigenvalue weighted by Gasteiger charge is 2.24. The van der Waals surface area contributed by atoms with Crippen LogP contribution in [0.25, 0.3) is 0 Å². The normalized spacial score (nSPS) is 11.3. The molecule has 0 unspecified atom stereocenters. The molecule has 0 bridgehead atoms. The number of carbonyl (C=O) groups excluding carboxylic acids is 1. The zero-order valence-electron chi connectivity index (χ0n) is 9.00. The first-order valence-electron chi connectivity index (χ1n) is 4.53. The lowest BCUT2D eigenvalue weighted by atomic mass is 9.94. The molecule has 2 N–H and O–H groups in total. The lowest BCUT2D eigenvalue weighted by Gasteiger charge is -2.17. The lowest BCUT2D eigenvalue weighted by molar-refractivity contribution is 0.0913. The number of ketones is 1. The number of hydrogen-bond donors (Lipinski definition) is 1. The minimum absolute atomic E-state index is 0.222. The van der Waals surface area contributed by atoms with Gasteiger partial charge in [-0.2, -0.15) is 0 Å². The van der Waals surface area contributed by atoms with Crippen molar-refractivity contribution in [1.82, 2.24) is 0 Å². The fraction of sp³-hybridized carbons (Fsp3) is 0.364. The Kier molecular flexibility index (Phi) is 3.09. The Hall–Kier alpha value is -1.42. The second kappa shape index (κ2) is 3.98. The van der Waals surface area contributed by atoms with Crippen molar-refractivity contribution in [2.75, 3.05) is 7.11 Å². The van der Waals surface area contributed by atoms with Crippen LogP contribution in [-0.4, -0.2) is 18.4 Å². The molecule has 1 rings (SSSR count). The highest BCUT2D eigenvalue weighted by Crippen LogP contribution is 2.19. The summed E-state index contributed by atoms with van der Waals surface area (Å²) in [6.45, 7) is 3.15. The van der Waals surface area contributed by atoms with E-state index in [4.69, 9.17) is 10.5 Å². The monoisotopic (exact) mass is 211 g/mol. The van der Waals surface area contributed by atoms with E-state index in [9.17, 15) is 9.18 Å². The average molecular weight is 211 g/mol. The number of benzene rings is 1. The number of methoxy groups -OCH3 is 1. The molecular weight excluding hydrogens is 197 g/mol. The van der Waals surface area contributed by atoms with Crippen LogP contribution in [0.4, 0.5) is 4.39 Å². The molecule has 0 saturated carbocycles. The second-order valence-corrected chi connectivity index (χ2v) is 3.93. The summed E-state index contributed by atoms with van der Waals surface area (Å²) >= 11 is 0. The summed E-state index contributed by atoms with van der Waals surface area (Å²) in [7, 11) is 1.41. The predicted octanol–water partition coefficient (Wildman–Crippen LogP) is 1.75. The van der Waals surface area contributed by atoms with E-state index in [0.717, 1.165) is 6.07 Å². The summed E-state index contributed by atoms with van der Waals surface area (Å²) in [4.78, 5) is 11.7. The van der Waals surface area contributed by atoms with Crippen LogP contribution in [0.3, 0.4) is 0 Å². The first-order chi connectivity index (χ1) is 6.84. The Morgan fingerprint density at radius 2 is 2.00 bits per heavy atom. The van der Waals surface area contributed by atoms with E-state index in [2.05, 4.69) is 0 Å². The number of rotatable bonds is 3. The molecule has 0 aliphatic heterocycles. The molecule has 15 heavy (non-hydrogen) atoms. The van der Waals surface area contributed by atoms with Crippen molar-refractivity contribution >= 4 is 5.78 Å². The van der Waals surface area contributed by atoms with Gasteiger partial charge in [-0.1, -0.05) is 0 Å². The molecule has 4 heteroatoms. The van der Waals surface area contributed by atoms with Crippen molar-refractivity contribution in [3.63, 3.8) is 0 Å². The number of nitrogens with two attached hydrogens (primary N) is 1. The summed E-state index contributed by atoms with van der Waals surface area (Å²) < 4.78 is 18.0. The third kappa shape index (κ3) is 2.76.